The second-order valence-corrected chi connectivity index (χ2v) is 17.6. The molecule has 0 amide bonds. The summed E-state index contributed by atoms with van der Waals surface area (Å²) in [5.41, 5.74) is 21.1. The van der Waals surface area contributed by atoms with Crippen LogP contribution >= 0.6 is 0 Å². The molecular weight excluding hydrogens is 835 g/mol. The molecule has 0 bridgehead atoms. The summed E-state index contributed by atoms with van der Waals surface area (Å²) in [4.78, 5) is 14.2. The zero-order chi connectivity index (χ0) is 46.2. The summed E-state index contributed by atoms with van der Waals surface area (Å²) in [6, 6.07) is 92.3. The second-order valence-electron chi connectivity index (χ2n) is 17.6. The van der Waals surface area contributed by atoms with E-state index < -0.39 is 5.41 Å². The fraction of sp³-hybridized carbons (Fsp3) is 0.0152. The molecule has 69 heavy (non-hydrogen) atoms. The van der Waals surface area contributed by atoms with Crippen LogP contribution in [0.2, 0.25) is 0 Å². The number of rotatable bonds is 9. The fourth-order valence-corrected chi connectivity index (χ4v) is 10.2. The van der Waals surface area contributed by atoms with E-state index in [1.165, 1.54) is 33.4 Å². The van der Waals surface area contributed by atoms with Crippen LogP contribution < -0.4 is 0 Å². The maximum absolute atomic E-state index is 7.93. The zero-order valence-corrected chi connectivity index (χ0v) is 37.7. The van der Waals surface area contributed by atoms with Gasteiger partial charge in [0.2, 0.25) is 0 Å². The molecule has 0 saturated carbocycles. The summed E-state index contributed by atoms with van der Waals surface area (Å²) in [6.07, 6.45) is 0. The van der Waals surface area contributed by atoms with Crippen LogP contribution in [0.25, 0.3) is 94.4 Å². The second kappa shape index (κ2) is 17.5. The largest absolute Gasteiger partial charge is 0.238 e. The molecule has 0 aliphatic heterocycles. The summed E-state index contributed by atoms with van der Waals surface area (Å²) < 4.78 is 0. The molecule has 3 nitrogen and oxygen atoms in total. The van der Waals surface area contributed by atoms with Crippen LogP contribution in [0.1, 0.15) is 22.3 Å². The first kappa shape index (κ1) is 41.2. The molecular formula is C66H43N3. The molecule has 0 N–H and O–H groups in total. The summed E-state index contributed by atoms with van der Waals surface area (Å²) >= 11 is 0. The van der Waals surface area contributed by atoms with Crippen LogP contribution in [0.4, 0.5) is 5.69 Å². The van der Waals surface area contributed by atoms with Gasteiger partial charge < -0.3 is 0 Å². The molecule has 12 rings (SSSR count). The number of aromatic nitrogens is 2. The molecule has 0 atom stereocenters. The molecule has 0 fully saturated rings. The number of hydrogen-bond acceptors (Lipinski definition) is 2. The Morgan fingerprint density at radius 1 is 0.290 bits per heavy atom. The van der Waals surface area contributed by atoms with E-state index in [9.17, 15) is 0 Å². The van der Waals surface area contributed by atoms with Gasteiger partial charge in [-0.1, -0.05) is 249 Å². The van der Waals surface area contributed by atoms with E-state index in [1.54, 1.807) is 0 Å². The van der Waals surface area contributed by atoms with Crippen molar-refractivity contribution >= 4 is 5.69 Å². The Morgan fingerprint density at radius 3 is 1.12 bits per heavy atom. The monoisotopic (exact) mass is 877 g/mol. The van der Waals surface area contributed by atoms with Gasteiger partial charge in [0, 0.05) is 16.7 Å². The number of hydrogen-bond donors (Lipinski definition) is 0. The van der Waals surface area contributed by atoms with E-state index in [-0.39, 0.29) is 0 Å². The first-order valence-electron chi connectivity index (χ1n) is 23.3. The van der Waals surface area contributed by atoms with Crippen molar-refractivity contribution in [3.05, 3.63) is 295 Å². The zero-order valence-electron chi connectivity index (χ0n) is 37.7. The predicted octanol–water partition coefficient (Wildman–Crippen LogP) is 17.1. The van der Waals surface area contributed by atoms with Gasteiger partial charge in [-0.25, -0.2) is 14.8 Å². The highest BCUT2D eigenvalue weighted by Gasteiger charge is 2.46. The summed E-state index contributed by atoms with van der Waals surface area (Å²) in [5.74, 6) is 0.683. The Labute approximate surface area is 403 Å². The number of benzene rings is 10. The van der Waals surface area contributed by atoms with Crippen LogP contribution in [0.3, 0.4) is 0 Å². The quantitative estimate of drug-likeness (QED) is 0.135. The predicted molar refractivity (Wildman–Crippen MR) is 284 cm³/mol. The molecule has 10 aromatic carbocycles. The normalized spacial score (nSPS) is 12.2. The van der Waals surface area contributed by atoms with Crippen LogP contribution in [-0.2, 0) is 5.41 Å². The molecule has 0 radical (unpaired) electrons. The minimum absolute atomic E-state index is 0.556. The van der Waals surface area contributed by atoms with E-state index in [1.807, 2.05) is 18.2 Å². The van der Waals surface area contributed by atoms with Crippen molar-refractivity contribution in [2.45, 2.75) is 5.41 Å². The van der Waals surface area contributed by atoms with Gasteiger partial charge in [-0.15, -0.1) is 0 Å². The van der Waals surface area contributed by atoms with E-state index in [2.05, 4.69) is 247 Å². The van der Waals surface area contributed by atoms with Crippen LogP contribution in [0.15, 0.2) is 261 Å². The highest BCUT2D eigenvalue weighted by Crippen LogP contribution is 2.57. The molecule has 0 saturated heterocycles. The van der Waals surface area contributed by atoms with Gasteiger partial charge in [-0.3, -0.25) is 0 Å². The average Bonchev–Trinajstić information content (AvgIpc) is 3.73. The number of fused-ring (bicyclic) bond motifs is 3. The van der Waals surface area contributed by atoms with Crippen LogP contribution in [-0.4, -0.2) is 9.97 Å². The van der Waals surface area contributed by atoms with Crippen LogP contribution in [0.5, 0.6) is 0 Å². The van der Waals surface area contributed by atoms with Crippen molar-refractivity contribution in [3.8, 4) is 89.5 Å². The molecule has 11 aromatic rings. The lowest BCUT2D eigenvalue weighted by atomic mass is 9.67. The Kier molecular flexibility index (Phi) is 10.5. The molecule has 0 spiro atoms. The number of nitrogens with zero attached hydrogens (tertiary/aromatic N) is 3. The molecule has 1 aliphatic carbocycles. The van der Waals surface area contributed by atoms with Gasteiger partial charge >= 0.3 is 0 Å². The standard InChI is InChI=1S/C66H43N3/c1-67-58-39-40-59-60-42-55(38-41-61(60)66(62(59)43-58,56-18-10-4-11-19-56)57-20-12-5-13-21-57)51-24-22-49(23-25-51)50-28-34-53(35-29-50)64-44-63(52-32-26-47(27-33-52)45-14-6-2-7-15-45)68-65(69-64)54-36-30-48(31-37-54)46-16-8-3-9-17-46/h2-44H. The van der Waals surface area contributed by atoms with Gasteiger partial charge in [0.25, 0.3) is 0 Å². The molecule has 1 aromatic heterocycles. The van der Waals surface area contributed by atoms with E-state index in [0.717, 1.165) is 72.6 Å². The minimum atomic E-state index is -0.556. The van der Waals surface area contributed by atoms with E-state index in [4.69, 9.17) is 16.5 Å². The Balaban J connectivity index is 0.870. The molecule has 322 valence electrons. The molecule has 3 heteroatoms. The summed E-state index contributed by atoms with van der Waals surface area (Å²) in [7, 11) is 0. The Morgan fingerprint density at radius 2 is 0.667 bits per heavy atom. The molecule has 1 heterocycles. The summed E-state index contributed by atoms with van der Waals surface area (Å²) in [6.45, 7) is 7.93. The lowest BCUT2D eigenvalue weighted by molar-refractivity contribution is 0.769. The smallest absolute Gasteiger partial charge is 0.187 e. The van der Waals surface area contributed by atoms with Crippen molar-refractivity contribution in [2.24, 2.45) is 0 Å². The maximum Gasteiger partial charge on any atom is 0.187 e. The average molecular weight is 878 g/mol. The lowest BCUT2D eigenvalue weighted by Crippen LogP contribution is -2.28. The first-order chi connectivity index (χ1) is 34.1. The van der Waals surface area contributed by atoms with Gasteiger partial charge in [-0.2, -0.15) is 0 Å². The lowest BCUT2D eigenvalue weighted by Gasteiger charge is -2.34. The minimum Gasteiger partial charge on any atom is -0.238 e. The third-order valence-corrected chi connectivity index (χ3v) is 13.7. The van der Waals surface area contributed by atoms with Crippen molar-refractivity contribution in [3.63, 3.8) is 0 Å². The van der Waals surface area contributed by atoms with Gasteiger partial charge in [0.05, 0.1) is 23.4 Å². The van der Waals surface area contributed by atoms with Crippen molar-refractivity contribution in [2.75, 3.05) is 0 Å². The third-order valence-electron chi connectivity index (χ3n) is 13.7. The summed E-state index contributed by atoms with van der Waals surface area (Å²) in [5, 5.41) is 0. The first-order valence-corrected chi connectivity index (χ1v) is 23.3. The van der Waals surface area contributed by atoms with Crippen molar-refractivity contribution in [1.82, 2.24) is 9.97 Å². The highest BCUT2D eigenvalue weighted by atomic mass is 14.9. The van der Waals surface area contributed by atoms with Crippen LogP contribution in [0, 0.1) is 6.57 Å². The van der Waals surface area contributed by atoms with Gasteiger partial charge in [0.1, 0.15) is 0 Å². The fourth-order valence-electron chi connectivity index (χ4n) is 10.2. The van der Waals surface area contributed by atoms with Gasteiger partial charge in [-0.05, 0) is 90.0 Å². The topological polar surface area (TPSA) is 30.1 Å². The Hall–Kier alpha value is -9.23. The highest BCUT2D eigenvalue weighted by molar-refractivity contribution is 5.90. The van der Waals surface area contributed by atoms with E-state index in [0.29, 0.717) is 11.5 Å². The maximum atomic E-state index is 7.93. The third kappa shape index (κ3) is 7.51. The van der Waals surface area contributed by atoms with E-state index >= 15 is 0 Å². The SMILES string of the molecule is [C-]#[N+]c1ccc2c(c1)C(c1ccccc1)(c1ccccc1)c1ccc(-c3ccc(-c4ccc(-c5cc(-c6ccc(-c7ccccc7)cc6)nc(-c6ccc(-c7ccccc7)cc6)n5)cc4)cc3)cc1-2. The Bertz CT molecular complexity index is 3510. The molecule has 1 aliphatic rings. The van der Waals surface area contributed by atoms with Crippen molar-refractivity contribution in [1.29, 1.82) is 0 Å². The molecule has 0 unspecified atom stereocenters. The van der Waals surface area contributed by atoms with Gasteiger partial charge in [0.15, 0.2) is 11.5 Å². The van der Waals surface area contributed by atoms with Crippen molar-refractivity contribution < 1.29 is 0 Å².